The van der Waals surface area contributed by atoms with Gasteiger partial charge in [-0.15, -0.1) is 0 Å². The van der Waals surface area contributed by atoms with Gasteiger partial charge >= 0.3 is 0 Å². The molecule has 2 unspecified atom stereocenters. The average Bonchev–Trinajstić information content (AvgIpc) is 2.63. The number of aryl methyl sites for hydroxylation is 2. The van der Waals surface area contributed by atoms with Crippen LogP contribution in [0.5, 0.6) is 0 Å². The molecule has 2 atom stereocenters. The second kappa shape index (κ2) is 7.26. The molecule has 3 heteroatoms. The van der Waals surface area contributed by atoms with E-state index < -0.39 is 0 Å². The molecule has 0 amide bonds. The molecule has 0 aromatic carbocycles. The Morgan fingerprint density at radius 2 is 2.10 bits per heavy atom. The second-order valence-corrected chi connectivity index (χ2v) is 6.72. The van der Waals surface area contributed by atoms with Crippen LogP contribution in [-0.4, -0.2) is 15.8 Å². The smallest absolute Gasteiger partial charge is 0.0666 e. The number of nitrogens with one attached hydrogen (secondary N) is 1. The summed E-state index contributed by atoms with van der Waals surface area (Å²) in [6, 6.07) is 0.698. The van der Waals surface area contributed by atoms with Gasteiger partial charge in [-0.2, -0.15) is 5.10 Å². The number of hydrogen-bond acceptors (Lipinski definition) is 2. The van der Waals surface area contributed by atoms with Crippen molar-refractivity contribution in [2.24, 2.45) is 18.9 Å². The summed E-state index contributed by atoms with van der Waals surface area (Å²) in [6.45, 7) is 7.92. The average molecular weight is 277 g/mol. The van der Waals surface area contributed by atoms with E-state index in [-0.39, 0.29) is 0 Å². The topological polar surface area (TPSA) is 29.9 Å². The molecule has 1 aliphatic carbocycles. The third kappa shape index (κ3) is 4.08. The van der Waals surface area contributed by atoms with E-state index in [1.54, 1.807) is 0 Å². The number of aromatic nitrogens is 2. The highest BCUT2D eigenvalue weighted by Gasteiger charge is 2.21. The molecule has 1 aromatic rings. The molecule has 1 fully saturated rings. The third-order valence-electron chi connectivity index (χ3n) is 4.86. The second-order valence-electron chi connectivity index (χ2n) is 6.72. The van der Waals surface area contributed by atoms with Gasteiger partial charge in [0.1, 0.15) is 0 Å². The van der Waals surface area contributed by atoms with Crippen molar-refractivity contribution in [2.75, 3.05) is 0 Å². The van der Waals surface area contributed by atoms with E-state index in [0.29, 0.717) is 6.04 Å². The molecular formula is C17H31N3. The lowest BCUT2D eigenvalue weighted by Gasteiger charge is -2.19. The molecule has 2 rings (SSSR count). The van der Waals surface area contributed by atoms with E-state index >= 15 is 0 Å². The van der Waals surface area contributed by atoms with Crippen molar-refractivity contribution in [1.29, 1.82) is 0 Å². The molecule has 0 saturated heterocycles. The van der Waals surface area contributed by atoms with Crippen LogP contribution in [0.2, 0.25) is 0 Å². The van der Waals surface area contributed by atoms with Gasteiger partial charge in [-0.25, -0.2) is 0 Å². The number of hydrogen-bond donors (Lipinski definition) is 1. The molecule has 3 nitrogen and oxygen atoms in total. The van der Waals surface area contributed by atoms with Crippen LogP contribution in [0.15, 0.2) is 6.20 Å². The maximum Gasteiger partial charge on any atom is 0.0666 e. The Morgan fingerprint density at radius 1 is 1.30 bits per heavy atom. The van der Waals surface area contributed by atoms with Gasteiger partial charge in [-0.3, -0.25) is 4.68 Å². The Kier molecular flexibility index (Phi) is 5.64. The zero-order chi connectivity index (χ0) is 14.5. The Balaban J connectivity index is 1.84. The fourth-order valence-corrected chi connectivity index (χ4v) is 3.48. The van der Waals surface area contributed by atoms with Crippen molar-refractivity contribution in [1.82, 2.24) is 15.1 Å². The Morgan fingerprint density at radius 3 is 2.80 bits per heavy atom. The highest BCUT2D eigenvalue weighted by atomic mass is 15.3. The van der Waals surface area contributed by atoms with Gasteiger partial charge in [-0.1, -0.05) is 33.6 Å². The summed E-state index contributed by atoms with van der Waals surface area (Å²) in [5, 5.41) is 8.30. The van der Waals surface area contributed by atoms with Crippen molar-refractivity contribution in [3.63, 3.8) is 0 Å². The monoisotopic (exact) mass is 277 g/mol. The van der Waals surface area contributed by atoms with Crippen molar-refractivity contribution in [3.05, 3.63) is 17.5 Å². The van der Waals surface area contributed by atoms with Crippen LogP contribution in [0.4, 0.5) is 0 Å². The quantitative estimate of drug-likeness (QED) is 0.832. The molecule has 0 spiro atoms. The molecule has 1 heterocycles. The zero-order valence-corrected chi connectivity index (χ0v) is 13.7. The van der Waals surface area contributed by atoms with Crippen molar-refractivity contribution in [3.8, 4) is 0 Å². The molecule has 1 aliphatic rings. The maximum absolute atomic E-state index is 4.52. The normalized spacial score (nSPS) is 24.1. The molecule has 20 heavy (non-hydrogen) atoms. The van der Waals surface area contributed by atoms with Crippen molar-refractivity contribution in [2.45, 2.75) is 71.9 Å². The summed E-state index contributed by atoms with van der Waals surface area (Å²) in [5.41, 5.74) is 2.62. The van der Waals surface area contributed by atoms with E-state index in [1.807, 2.05) is 11.7 Å². The zero-order valence-electron chi connectivity index (χ0n) is 13.7. The molecule has 0 aliphatic heterocycles. The van der Waals surface area contributed by atoms with E-state index in [1.165, 1.54) is 43.4 Å². The first-order chi connectivity index (χ1) is 9.60. The third-order valence-corrected chi connectivity index (χ3v) is 4.86. The van der Waals surface area contributed by atoms with Gasteiger partial charge in [0.2, 0.25) is 0 Å². The minimum atomic E-state index is 0.698. The predicted molar refractivity (Wildman–Crippen MR) is 84.6 cm³/mol. The number of rotatable bonds is 5. The first-order valence-electron chi connectivity index (χ1n) is 8.35. The standard InChI is InChI=1S/C17H31N3/c1-5-17-15(12-20(4)19-17)11-18-16-8-6-7-14(9-10-16)13(2)3/h12-14,16,18H,5-11H2,1-4H3. The first-order valence-corrected chi connectivity index (χ1v) is 8.35. The fourth-order valence-electron chi connectivity index (χ4n) is 3.48. The molecular weight excluding hydrogens is 246 g/mol. The number of nitrogens with zero attached hydrogens (tertiary/aromatic N) is 2. The summed E-state index contributed by atoms with van der Waals surface area (Å²) < 4.78 is 1.94. The largest absolute Gasteiger partial charge is 0.310 e. The van der Waals surface area contributed by atoms with Crippen LogP contribution >= 0.6 is 0 Å². The molecule has 1 saturated carbocycles. The van der Waals surface area contributed by atoms with Gasteiger partial charge in [0.05, 0.1) is 5.69 Å². The Bertz CT molecular complexity index is 408. The minimum absolute atomic E-state index is 0.698. The maximum atomic E-state index is 4.52. The van der Waals surface area contributed by atoms with Crippen molar-refractivity contribution < 1.29 is 0 Å². The minimum Gasteiger partial charge on any atom is -0.310 e. The van der Waals surface area contributed by atoms with E-state index in [4.69, 9.17) is 0 Å². The molecule has 114 valence electrons. The highest BCUT2D eigenvalue weighted by Crippen LogP contribution is 2.28. The van der Waals surface area contributed by atoms with Gasteiger partial charge in [0.15, 0.2) is 0 Å². The van der Waals surface area contributed by atoms with Gasteiger partial charge < -0.3 is 5.32 Å². The lowest BCUT2D eigenvalue weighted by molar-refractivity contribution is 0.337. The fraction of sp³-hybridized carbons (Fsp3) is 0.824. The Hall–Kier alpha value is -0.830. The Labute approximate surface area is 124 Å². The molecule has 0 radical (unpaired) electrons. The van der Waals surface area contributed by atoms with Crippen LogP contribution in [0.25, 0.3) is 0 Å². The summed E-state index contributed by atoms with van der Waals surface area (Å²) >= 11 is 0. The van der Waals surface area contributed by atoms with Crippen LogP contribution < -0.4 is 5.32 Å². The van der Waals surface area contributed by atoms with Crippen LogP contribution in [0.1, 0.15) is 64.1 Å². The van der Waals surface area contributed by atoms with Gasteiger partial charge in [0, 0.05) is 31.4 Å². The van der Waals surface area contributed by atoms with E-state index in [2.05, 4.69) is 37.4 Å². The van der Waals surface area contributed by atoms with Crippen LogP contribution in [-0.2, 0) is 20.0 Å². The summed E-state index contributed by atoms with van der Waals surface area (Å²) in [7, 11) is 2.02. The summed E-state index contributed by atoms with van der Waals surface area (Å²) in [5.74, 6) is 1.78. The molecule has 0 bridgehead atoms. The first kappa shape index (κ1) is 15.6. The predicted octanol–water partition coefficient (Wildman–Crippen LogP) is 3.68. The van der Waals surface area contributed by atoms with Gasteiger partial charge in [-0.05, 0) is 37.5 Å². The summed E-state index contributed by atoms with van der Waals surface area (Å²) in [4.78, 5) is 0. The summed E-state index contributed by atoms with van der Waals surface area (Å²) in [6.07, 6.45) is 10.1. The molecule has 1 N–H and O–H groups in total. The SMILES string of the molecule is CCc1nn(C)cc1CNC1CCCC(C(C)C)CC1. The van der Waals surface area contributed by atoms with E-state index in [0.717, 1.165) is 24.8 Å². The molecule has 1 aromatic heterocycles. The van der Waals surface area contributed by atoms with Crippen molar-refractivity contribution >= 4 is 0 Å². The van der Waals surface area contributed by atoms with Crippen LogP contribution in [0.3, 0.4) is 0 Å². The van der Waals surface area contributed by atoms with E-state index in [9.17, 15) is 0 Å². The lowest BCUT2D eigenvalue weighted by atomic mass is 9.89. The van der Waals surface area contributed by atoms with Gasteiger partial charge in [0.25, 0.3) is 0 Å². The highest BCUT2D eigenvalue weighted by molar-refractivity contribution is 5.16. The van der Waals surface area contributed by atoms with Crippen LogP contribution in [0, 0.1) is 11.8 Å². The lowest BCUT2D eigenvalue weighted by Crippen LogP contribution is -2.28.